The number of nitro groups is 1. The van der Waals surface area contributed by atoms with Crippen LogP contribution in [0.5, 0.6) is 5.75 Å². The van der Waals surface area contributed by atoms with Crippen LogP contribution >= 0.6 is 12.4 Å². The van der Waals surface area contributed by atoms with Gasteiger partial charge in [0.05, 0.1) is 23.8 Å². The van der Waals surface area contributed by atoms with E-state index in [0.717, 1.165) is 6.07 Å². The number of rotatable bonds is 4. The minimum atomic E-state index is -0.592. The third kappa shape index (κ3) is 4.85. The summed E-state index contributed by atoms with van der Waals surface area (Å²) in [6, 6.07) is 3.37. The Bertz CT molecular complexity index is 520. The number of amides is 1. The second-order valence-corrected chi connectivity index (χ2v) is 4.44. The van der Waals surface area contributed by atoms with Crippen molar-refractivity contribution in [3.8, 4) is 5.75 Å². The predicted octanol–water partition coefficient (Wildman–Crippen LogP) is 1.04. The van der Waals surface area contributed by atoms with Gasteiger partial charge >= 0.3 is 0 Å². The molecule has 21 heavy (non-hydrogen) atoms. The standard InChI is InChI=1S/C12H15N3O5.ClH/c16-11-2-1-9(15(18)19)6-10(11)14-12(17)5-8-7-20-4-3-13-8;/h1-2,6,8,13,16H,3-5,7H2,(H,14,17);1H. The Labute approximate surface area is 127 Å². The van der Waals surface area contributed by atoms with E-state index in [1.54, 1.807) is 0 Å². The highest BCUT2D eigenvalue weighted by molar-refractivity contribution is 5.93. The predicted molar refractivity (Wildman–Crippen MR) is 77.9 cm³/mol. The smallest absolute Gasteiger partial charge is 0.271 e. The molecule has 1 aliphatic rings. The molecule has 8 nitrogen and oxygen atoms in total. The number of phenols is 1. The summed E-state index contributed by atoms with van der Waals surface area (Å²) in [7, 11) is 0. The van der Waals surface area contributed by atoms with Crippen molar-refractivity contribution in [2.24, 2.45) is 0 Å². The van der Waals surface area contributed by atoms with Crippen molar-refractivity contribution in [2.75, 3.05) is 25.1 Å². The Morgan fingerprint density at radius 2 is 2.33 bits per heavy atom. The summed E-state index contributed by atoms with van der Waals surface area (Å²) in [6.07, 6.45) is 0.169. The van der Waals surface area contributed by atoms with Crippen LogP contribution in [0.3, 0.4) is 0 Å². The molecule has 1 aromatic carbocycles. The molecule has 1 saturated heterocycles. The lowest BCUT2D eigenvalue weighted by Crippen LogP contribution is -2.43. The average molecular weight is 318 g/mol. The third-order valence-electron chi connectivity index (χ3n) is 2.90. The number of nitrogens with zero attached hydrogens (tertiary/aromatic N) is 1. The number of morpholine rings is 1. The maximum Gasteiger partial charge on any atom is 0.271 e. The van der Waals surface area contributed by atoms with Gasteiger partial charge in [0.2, 0.25) is 5.91 Å². The molecular weight excluding hydrogens is 302 g/mol. The van der Waals surface area contributed by atoms with Gasteiger partial charge in [-0.2, -0.15) is 0 Å². The molecule has 116 valence electrons. The lowest BCUT2D eigenvalue weighted by atomic mass is 10.2. The number of ether oxygens (including phenoxy) is 1. The van der Waals surface area contributed by atoms with Crippen molar-refractivity contribution in [1.29, 1.82) is 0 Å². The lowest BCUT2D eigenvalue weighted by Gasteiger charge is -2.23. The SMILES string of the molecule is Cl.O=C(CC1COCCN1)Nc1cc([N+](=O)[O-])ccc1O. The Balaban J connectivity index is 0.00000220. The molecular formula is C12H16ClN3O5. The number of hydrogen-bond acceptors (Lipinski definition) is 6. The third-order valence-corrected chi connectivity index (χ3v) is 2.90. The van der Waals surface area contributed by atoms with Crippen molar-refractivity contribution in [2.45, 2.75) is 12.5 Å². The first-order valence-electron chi connectivity index (χ1n) is 6.14. The quantitative estimate of drug-likeness (QED) is 0.434. The van der Waals surface area contributed by atoms with E-state index in [4.69, 9.17) is 4.74 Å². The highest BCUT2D eigenvalue weighted by Gasteiger charge is 2.18. The Morgan fingerprint density at radius 1 is 1.57 bits per heavy atom. The fourth-order valence-corrected chi connectivity index (χ4v) is 1.91. The average Bonchev–Trinajstić information content (AvgIpc) is 2.42. The number of hydrogen-bond donors (Lipinski definition) is 3. The maximum absolute atomic E-state index is 11.8. The minimum absolute atomic E-state index is 0. The van der Waals surface area contributed by atoms with E-state index in [1.807, 2.05) is 0 Å². The summed E-state index contributed by atoms with van der Waals surface area (Å²) in [5, 5.41) is 25.8. The Hall–Kier alpha value is -1.90. The molecule has 0 aromatic heterocycles. The van der Waals surface area contributed by atoms with Crippen molar-refractivity contribution in [1.82, 2.24) is 5.32 Å². The van der Waals surface area contributed by atoms with E-state index in [0.29, 0.717) is 19.8 Å². The van der Waals surface area contributed by atoms with E-state index in [1.165, 1.54) is 12.1 Å². The molecule has 9 heteroatoms. The molecule has 1 fully saturated rings. The first-order valence-corrected chi connectivity index (χ1v) is 6.14. The molecule has 1 atom stereocenters. The zero-order chi connectivity index (χ0) is 14.5. The zero-order valence-electron chi connectivity index (χ0n) is 11.1. The molecule has 1 aliphatic heterocycles. The van der Waals surface area contributed by atoms with Crippen LogP contribution in [0.25, 0.3) is 0 Å². The van der Waals surface area contributed by atoms with E-state index < -0.39 is 4.92 Å². The van der Waals surface area contributed by atoms with Crippen LogP contribution in [0.4, 0.5) is 11.4 Å². The van der Waals surface area contributed by atoms with E-state index in [-0.39, 0.29) is 47.9 Å². The van der Waals surface area contributed by atoms with Gasteiger partial charge in [-0.1, -0.05) is 0 Å². The topological polar surface area (TPSA) is 114 Å². The highest BCUT2D eigenvalue weighted by atomic mass is 35.5. The molecule has 1 aromatic rings. The first kappa shape index (κ1) is 17.2. The number of non-ortho nitro benzene ring substituents is 1. The Kier molecular flexibility index (Phi) is 6.35. The summed E-state index contributed by atoms with van der Waals surface area (Å²) in [4.78, 5) is 21.9. The zero-order valence-corrected chi connectivity index (χ0v) is 11.9. The van der Waals surface area contributed by atoms with Gasteiger partial charge in [-0.15, -0.1) is 12.4 Å². The van der Waals surface area contributed by atoms with Crippen LogP contribution in [-0.4, -0.2) is 41.7 Å². The molecule has 0 aliphatic carbocycles. The molecule has 0 bridgehead atoms. The molecule has 0 radical (unpaired) electrons. The van der Waals surface area contributed by atoms with Crippen LogP contribution in [0, 0.1) is 10.1 Å². The monoisotopic (exact) mass is 317 g/mol. The molecule has 1 amide bonds. The number of carbonyl (C=O) groups excluding carboxylic acids is 1. The maximum atomic E-state index is 11.8. The van der Waals surface area contributed by atoms with Crippen molar-refractivity contribution < 1.29 is 19.6 Å². The van der Waals surface area contributed by atoms with E-state index in [2.05, 4.69) is 10.6 Å². The summed E-state index contributed by atoms with van der Waals surface area (Å²) in [5.41, 5.74) is -0.168. The first-order chi connectivity index (χ1) is 9.56. The van der Waals surface area contributed by atoms with Gasteiger partial charge in [0.25, 0.3) is 5.69 Å². The lowest BCUT2D eigenvalue weighted by molar-refractivity contribution is -0.384. The highest BCUT2D eigenvalue weighted by Crippen LogP contribution is 2.27. The molecule has 1 unspecified atom stereocenters. The van der Waals surface area contributed by atoms with Gasteiger partial charge in [-0.3, -0.25) is 14.9 Å². The van der Waals surface area contributed by atoms with Crippen LogP contribution in [0.1, 0.15) is 6.42 Å². The molecule has 3 N–H and O–H groups in total. The van der Waals surface area contributed by atoms with Gasteiger partial charge in [0, 0.05) is 31.1 Å². The molecule has 0 spiro atoms. The second kappa shape index (κ2) is 7.77. The van der Waals surface area contributed by atoms with Crippen molar-refractivity contribution in [3.63, 3.8) is 0 Å². The van der Waals surface area contributed by atoms with Gasteiger partial charge in [0.1, 0.15) is 5.75 Å². The van der Waals surface area contributed by atoms with Crippen molar-refractivity contribution in [3.05, 3.63) is 28.3 Å². The summed E-state index contributed by atoms with van der Waals surface area (Å²) < 4.78 is 5.23. The van der Waals surface area contributed by atoms with Gasteiger partial charge in [-0.25, -0.2) is 0 Å². The summed E-state index contributed by atoms with van der Waals surface area (Å²) >= 11 is 0. The Morgan fingerprint density at radius 3 is 2.95 bits per heavy atom. The number of nitro benzene ring substituents is 1. The number of anilines is 1. The van der Waals surface area contributed by atoms with Crippen LogP contribution in [-0.2, 0) is 9.53 Å². The van der Waals surface area contributed by atoms with Crippen LogP contribution in [0.15, 0.2) is 18.2 Å². The number of nitrogens with one attached hydrogen (secondary N) is 2. The minimum Gasteiger partial charge on any atom is -0.506 e. The number of carbonyl (C=O) groups is 1. The summed E-state index contributed by atoms with van der Waals surface area (Å²) in [5.74, 6) is -0.555. The normalized spacial score (nSPS) is 17.6. The number of aromatic hydroxyl groups is 1. The van der Waals surface area contributed by atoms with Gasteiger partial charge in [-0.05, 0) is 6.07 Å². The van der Waals surface area contributed by atoms with E-state index >= 15 is 0 Å². The largest absolute Gasteiger partial charge is 0.506 e. The van der Waals surface area contributed by atoms with Crippen LogP contribution in [0.2, 0.25) is 0 Å². The molecule has 2 rings (SSSR count). The fraction of sp³-hybridized carbons (Fsp3) is 0.417. The molecule has 1 heterocycles. The van der Waals surface area contributed by atoms with E-state index in [9.17, 15) is 20.0 Å². The molecule has 0 saturated carbocycles. The van der Waals surface area contributed by atoms with Crippen LogP contribution < -0.4 is 10.6 Å². The van der Waals surface area contributed by atoms with Gasteiger partial charge < -0.3 is 20.5 Å². The number of halogens is 1. The summed E-state index contributed by atoms with van der Waals surface area (Å²) in [6.45, 7) is 1.73. The second-order valence-electron chi connectivity index (χ2n) is 4.44. The van der Waals surface area contributed by atoms with Crippen molar-refractivity contribution >= 4 is 29.7 Å². The fourth-order valence-electron chi connectivity index (χ4n) is 1.91. The number of benzene rings is 1. The van der Waals surface area contributed by atoms with Gasteiger partial charge in [0.15, 0.2) is 0 Å². The number of phenolic OH excluding ortho intramolecular Hbond substituents is 1.